The standard InChI is InChI=1S/C23H24N8O/c32-22(24-16-10-11-16)17-14-20(28-27-17)25-21-19-9-5-13-31(19)29-23(26-21)30-12-4-8-18(30)15-6-2-1-3-7-15/h1-3,5-7,9,13-14,16,18H,4,8,10-12H2,(H,24,32)(H2,25,26,27,28,29). The average molecular weight is 428 g/mol. The summed E-state index contributed by atoms with van der Waals surface area (Å²) in [4.78, 5) is 19.4. The highest BCUT2D eigenvalue weighted by Gasteiger charge is 2.29. The second-order valence-electron chi connectivity index (χ2n) is 8.40. The zero-order chi connectivity index (χ0) is 21.5. The number of nitrogens with zero attached hydrogens (tertiary/aromatic N) is 5. The quantitative estimate of drug-likeness (QED) is 0.435. The van der Waals surface area contributed by atoms with E-state index in [1.54, 1.807) is 6.07 Å². The molecule has 2 fully saturated rings. The molecule has 1 aliphatic heterocycles. The Bertz CT molecular complexity index is 1260. The minimum atomic E-state index is -0.132. The van der Waals surface area contributed by atoms with Gasteiger partial charge >= 0.3 is 0 Å². The Balaban J connectivity index is 1.30. The summed E-state index contributed by atoms with van der Waals surface area (Å²) in [5.74, 6) is 1.73. The lowest BCUT2D eigenvalue weighted by molar-refractivity contribution is 0.0946. The molecule has 4 aromatic rings. The largest absolute Gasteiger partial charge is 0.348 e. The summed E-state index contributed by atoms with van der Waals surface area (Å²) in [7, 11) is 0. The van der Waals surface area contributed by atoms with Crippen LogP contribution in [0.25, 0.3) is 5.52 Å². The van der Waals surface area contributed by atoms with Crippen molar-refractivity contribution in [2.75, 3.05) is 16.8 Å². The molecule has 1 aliphatic carbocycles. The maximum atomic E-state index is 12.3. The van der Waals surface area contributed by atoms with Crippen LogP contribution in [0.3, 0.4) is 0 Å². The predicted octanol–water partition coefficient (Wildman–Crippen LogP) is 3.43. The Morgan fingerprint density at radius 3 is 2.81 bits per heavy atom. The molecule has 1 atom stereocenters. The van der Waals surface area contributed by atoms with Crippen molar-refractivity contribution in [2.24, 2.45) is 0 Å². The number of carbonyl (C=O) groups is 1. The minimum Gasteiger partial charge on any atom is -0.348 e. The maximum Gasteiger partial charge on any atom is 0.269 e. The molecular formula is C23H24N8O. The number of hydrogen-bond donors (Lipinski definition) is 3. The summed E-state index contributed by atoms with van der Waals surface area (Å²) in [6.07, 6.45) is 6.16. The molecule has 9 nitrogen and oxygen atoms in total. The van der Waals surface area contributed by atoms with Gasteiger partial charge in [0.05, 0.1) is 6.04 Å². The van der Waals surface area contributed by atoms with Crippen LogP contribution in [0.1, 0.15) is 47.8 Å². The first-order valence-corrected chi connectivity index (χ1v) is 11.0. The first-order valence-electron chi connectivity index (χ1n) is 11.0. The topological polar surface area (TPSA) is 103 Å². The summed E-state index contributed by atoms with van der Waals surface area (Å²) >= 11 is 0. The van der Waals surface area contributed by atoms with E-state index in [4.69, 9.17) is 10.1 Å². The van der Waals surface area contributed by atoms with E-state index in [2.05, 4.69) is 50.0 Å². The average Bonchev–Trinajstić information content (AvgIpc) is 3.23. The highest BCUT2D eigenvalue weighted by atomic mass is 16.2. The molecule has 0 radical (unpaired) electrons. The van der Waals surface area contributed by atoms with Crippen molar-refractivity contribution < 1.29 is 4.79 Å². The third-order valence-corrected chi connectivity index (χ3v) is 6.06. The minimum absolute atomic E-state index is 0.132. The van der Waals surface area contributed by atoms with Gasteiger partial charge in [-0.05, 0) is 43.4 Å². The van der Waals surface area contributed by atoms with E-state index in [0.717, 1.165) is 37.7 Å². The fourth-order valence-electron chi connectivity index (χ4n) is 4.28. The Morgan fingerprint density at radius 1 is 1.09 bits per heavy atom. The van der Waals surface area contributed by atoms with Crippen LogP contribution in [0.2, 0.25) is 0 Å². The Morgan fingerprint density at radius 2 is 1.97 bits per heavy atom. The molecule has 1 amide bonds. The van der Waals surface area contributed by atoms with Crippen LogP contribution >= 0.6 is 0 Å². The number of fused-ring (bicyclic) bond motifs is 1. The zero-order valence-corrected chi connectivity index (χ0v) is 17.5. The molecule has 1 aromatic carbocycles. The predicted molar refractivity (Wildman–Crippen MR) is 121 cm³/mol. The van der Waals surface area contributed by atoms with Crippen molar-refractivity contribution in [3.63, 3.8) is 0 Å². The van der Waals surface area contributed by atoms with Crippen molar-refractivity contribution in [1.82, 2.24) is 30.1 Å². The second-order valence-corrected chi connectivity index (χ2v) is 8.40. The Labute approximate surface area is 184 Å². The molecule has 1 unspecified atom stereocenters. The van der Waals surface area contributed by atoms with Crippen LogP contribution < -0.4 is 15.5 Å². The number of hydrogen-bond acceptors (Lipinski definition) is 6. The van der Waals surface area contributed by atoms with Gasteiger partial charge < -0.3 is 15.5 Å². The molecule has 0 spiro atoms. The molecule has 1 saturated heterocycles. The Hall–Kier alpha value is -3.88. The number of benzene rings is 1. The first-order chi connectivity index (χ1) is 15.7. The van der Waals surface area contributed by atoms with Gasteiger partial charge in [-0.1, -0.05) is 30.3 Å². The van der Waals surface area contributed by atoms with Gasteiger partial charge in [0.2, 0.25) is 5.95 Å². The number of nitrogens with one attached hydrogen (secondary N) is 3. The molecule has 0 bridgehead atoms. The molecule has 1 saturated carbocycles. The molecule has 2 aliphatic rings. The SMILES string of the molecule is O=C(NC1CC1)c1cc(Nc2nc(N3CCCC3c3ccccc3)nn3cccc23)n[nH]1. The van der Waals surface area contributed by atoms with Gasteiger partial charge in [0.15, 0.2) is 11.6 Å². The van der Waals surface area contributed by atoms with E-state index in [-0.39, 0.29) is 11.9 Å². The van der Waals surface area contributed by atoms with Crippen LogP contribution in [-0.2, 0) is 0 Å². The lowest BCUT2D eigenvalue weighted by atomic mass is 10.1. The van der Waals surface area contributed by atoms with Crippen LogP contribution in [0.15, 0.2) is 54.7 Å². The summed E-state index contributed by atoms with van der Waals surface area (Å²) in [5.41, 5.74) is 2.55. The van der Waals surface area contributed by atoms with E-state index >= 15 is 0 Å². The highest BCUT2D eigenvalue weighted by molar-refractivity contribution is 5.93. The summed E-state index contributed by atoms with van der Waals surface area (Å²) in [6, 6.07) is 16.7. The number of aromatic nitrogens is 5. The molecule has 9 heteroatoms. The molecule has 4 heterocycles. The Kier molecular flexibility index (Phi) is 4.52. The van der Waals surface area contributed by atoms with Gasteiger partial charge in [0, 0.05) is 24.8 Å². The highest BCUT2D eigenvalue weighted by Crippen LogP contribution is 2.35. The molecule has 6 rings (SSSR count). The number of amides is 1. The molecule has 32 heavy (non-hydrogen) atoms. The lowest BCUT2D eigenvalue weighted by Crippen LogP contribution is -2.25. The summed E-state index contributed by atoms with van der Waals surface area (Å²) in [6.45, 7) is 0.902. The third kappa shape index (κ3) is 3.55. The molecular weight excluding hydrogens is 404 g/mol. The van der Waals surface area contributed by atoms with E-state index < -0.39 is 0 Å². The van der Waals surface area contributed by atoms with E-state index in [1.807, 2.05) is 28.9 Å². The zero-order valence-electron chi connectivity index (χ0n) is 17.5. The lowest BCUT2D eigenvalue weighted by Gasteiger charge is -2.25. The van der Waals surface area contributed by atoms with E-state index in [1.165, 1.54) is 5.56 Å². The van der Waals surface area contributed by atoms with Gasteiger partial charge in [0.25, 0.3) is 5.91 Å². The number of H-pyrrole nitrogens is 1. The summed E-state index contributed by atoms with van der Waals surface area (Å²) in [5, 5.41) is 18.1. The van der Waals surface area contributed by atoms with Gasteiger partial charge in [-0.15, -0.1) is 5.10 Å². The normalized spacial score (nSPS) is 18.2. The molecule has 3 aromatic heterocycles. The van der Waals surface area contributed by atoms with Crippen molar-refractivity contribution in [3.05, 3.63) is 66.0 Å². The number of anilines is 3. The van der Waals surface area contributed by atoms with Crippen LogP contribution in [-0.4, -0.2) is 43.3 Å². The molecule has 3 N–H and O–H groups in total. The smallest absolute Gasteiger partial charge is 0.269 e. The number of aromatic amines is 1. The van der Waals surface area contributed by atoms with Crippen molar-refractivity contribution in [3.8, 4) is 0 Å². The van der Waals surface area contributed by atoms with Crippen LogP contribution in [0.5, 0.6) is 0 Å². The van der Waals surface area contributed by atoms with Crippen LogP contribution in [0, 0.1) is 0 Å². The fourth-order valence-corrected chi connectivity index (χ4v) is 4.28. The molecule has 162 valence electrons. The second kappa shape index (κ2) is 7.67. The first kappa shape index (κ1) is 18.9. The number of rotatable bonds is 6. The van der Waals surface area contributed by atoms with Gasteiger partial charge in [-0.3, -0.25) is 9.89 Å². The monoisotopic (exact) mass is 428 g/mol. The van der Waals surface area contributed by atoms with E-state index in [9.17, 15) is 4.79 Å². The van der Waals surface area contributed by atoms with Gasteiger partial charge in [-0.25, -0.2) is 4.52 Å². The fraction of sp³-hybridized carbons (Fsp3) is 0.304. The number of carbonyl (C=O) groups excluding carboxylic acids is 1. The maximum absolute atomic E-state index is 12.3. The van der Waals surface area contributed by atoms with Crippen molar-refractivity contribution in [2.45, 2.75) is 37.8 Å². The van der Waals surface area contributed by atoms with Crippen LogP contribution in [0.4, 0.5) is 17.6 Å². The van der Waals surface area contributed by atoms with Crippen molar-refractivity contribution >= 4 is 29.0 Å². The van der Waals surface area contributed by atoms with Gasteiger partial charge in [-0.2, -0.15) is 10.1 Å². The van der Waals surface area contributed by atoms with E-state index in [0.29, 0.717) is 29.3 Å². The van der Waals surface area contributed by atoms with Crippen molar-refractivity contribution in [1.29, 1.82) is 0 Å². The van der Waals surface area contributed by atoms with Gasteiger partial charge in [0.1, 0.15) is 11.2 Å². The summed E-state index contributed by atoms with van der Waals surface area (Å²) < 4.78 is 1.83. The third-order valence-electron chi connectivity index (χ3n) is 6.06.